The second-order valence-electron chi connectivity index (χ2n) is 6.62. The molecule has 2 aromatic heterocycles. The number of pyridine rings is 1. The van der Waals surface area contributed by atoms with E-state index in [1.807, 2.05) is 6.07 Å². The second-order valence-corrected chi connectivity index (χ2v) is 7.48. The van der Waals surface area contributed by atoms with Gasteiger partial charge in [0.2, 0.25) is 5.91 Å². The van der Waals surface area contributed by atoms with E-state index in [4.69, 9.17) is 0 Å². The Hall–Kier alpha value is -2.94. The molecule has 0 spiro atoms. The van der Waals surface area contributed by atoms with Crippen LogP contribution in [0.2, 0.25) is 0 Å². The first-order valence-electron chi connectivity index (χ1n) is 8.71. The third kappa shape index (κ3) is 5.11. The highest BCUT2D eigenvalue weighted by molar-refractivity contribution is 7.13. The number of halogens is 3. The Labute approximate surface area is 168 Å². The number of nitrogens with one attached hydrogen (secondary N) is 2. The van der Waals surface area contributed by atoms with Gasteiger partial charge in [-0.3, -0.25) is 9.59 Å². The number of aromatic amines is 1. The Morgan fingerprint density at radius 3 is 2.69 bits per heavy atom. The maximum absolute atomic E-state index is 12.9. The maximum Gasteiger partial charge on any atom is 0.416 e. The number of aromatic nitrogens is 2. The summed E-state index contributed by atoms with van der Waals surface area (Å²) in [5.74, 6) is -0.328. The van der Waals surface area contributed by atoms with E-state index in [0.29, 0.717) is 21.8 Å². The molecule has 29 heavy (non-hydrogen) atoms. The van der Waals surface area contributed by atoms with Crippen LogP contribution >= 0.6 is 11.3 Å². The van der Waals surface area contributed by atoms with Crippen LogP contribution in [0.15, 0.2) is 40.5 Å². The molecule has 0 atom stereocenters. The quantitative estimate of drug-likeness (QED) is 0.654. The van der Waals surface area contributed by atoms with E-state index in [-0.39, 0.29) is 24.4 Å². The number of nitrogens with zero attached hydrogens (tertiary/aromatic N) is 1. The van der Waals surface area contributed by atoms with E-state index in [2.05, 4.69) is 15.3 Å². The summed E-state index contributed by atoms with van der Waals surface area (Å²) in [5, 5.41) is 4.73. The molecule has 0 fully saturated rings. The first-order chi connectivity index (χ1) is 13.6. The van der Waals surface area contributed by atoms with E-state index in [0.717, 1.165) is 23.4 Å². The highest BCUT2D eigenvalue weighted by Gasteiger charge is 2.30. The van der Waals surface area contributed by atoms with Crippen molar-refractivity contribution in [1.82, 2.24) is 15.3 Å². The molecule has 0 aliphatic carbocycles. The highest BCUT2D eigenvalue weighted by Crippen LogP contribution is 2.33. The second kappa shape index (κ2) is 8.20. The van der Waals surface area contributed by atoms with E-state index in [9.17, 15) is 22.8 Å². The summed E-state index contributed by atoms with van der Waals surface area (Å²) in [6.45, 7) is 3.66. The van der Waals surface area contributed by atoms with Crippen molar-refractivity contribution >= 4 is 17.2 Å². The molecule has 0 radical (unpaired) electrons. The minimum Gasteiger partial charge on any atom is -0.351 e. The lowest BCUT2D eigenvalue weighted by molar-refractivity contribution is -0.137. The molecule has 152 valence electrons. The van der Waals surface area contributed by atoms with E-state index >= 15 is 0 Å². The first kappa shape index (κ1) is 20.8. The predicted octanol–water partition coefficient (Wildman–Crippen LogP) is 3.99. The van der Waals surface area contributed by atoms with Gasteiger partial charge in [0.1, 0.15) is 5.01 Å². The zero-order valence-corrected chi connectivity index (χ0v) is 16.5. The van der Waals surface area contributed by atoms with Gasteiger partial charge in [-0.25, -0.2) is 4.98 Å². The topological polar surface area (TPSA) is 74.8 Å². The van der Waals surface area contributed by atoms with Gasteiger partial charge < -0.3 is 10.3 Å². The van der Waals surface area contributed by atoms with Gasteiger partial charge in [0.15, 0.2) is 0 Å². The summed E-state index contributed by atoms with van der Waals surface area (Å²) in [5.41, 5.74) is 1.81. The standard InChI is InChI=1S/C20H18F3N3O2S/c1-11-6-12(2)25-18(28)16(11)9-24-17(27)8-15-10-29-19(26-15)13-4-3-5-14(7-13)20(21,22)23/h3-7,10H,8-9H2,1-2H3,(H,24,27)(H,25,28). The number of carbonyl (C=O) groups excluding carboxylic acids is 1. The van der Waals surface area contributed by atoms with Crippen molar-refractivity contribution in [2.75, 3.05) is 0 Å². The molecule has 2 N–H and O–H groups in total. The number of rotatable bonds is 5. The molecular formula is C20H18F3N3O2S. The number of amides is 1. The zero-order chi connectivity index (χ0) is 21.2. The van der Waals surface area contributed by atoms with Crippen molar-refractivity contribution in [3.63, 3.8) is 0 Å². The van der Waals surface area contributed by atoms with Crippen molar-refractivity contribution in [2.24, 2.45) is 0 Å². The largest absolute Gasteiger partial charge is 0.416 e. The molecule has 0 unspecified atom stereocenters. The fourth-order valence-electron chi connectivity index (χ4n) is 2.86. The maximum atomic E-state index is 12.9. The monoisotopic (exact) mass is 421 g/mol. The van der Waals surface area contributed by atoms with Crippen LogP contribution in [0.25, 0.3) is 10.6 Å². The number of hydrogen-bond donors (Lipinski definition) is 2. The van der Waals surface area contributed by atoms with Crippen molar-refractivity contribution in [3.05, 3.63) is 74.1 Å². The zero-order valence-electron chi connectivity index (χ0n) is 15.7. The molecule has 3 rings (SSSR count). The number of thiazole rings is 1. The molecule has 3 aromatic rings. The minimum atomic E-state index is -4.43. The highest BCUT2D eigenvalue weighted by atomic mass is 32.1. The predicted molar refractivity (Wildman–Crippen MR) is 105 cm³/mol. The fourth-order valence-corrected chi connectivity index (χ4v) is 3.68. The summed E-state index contributed by atoms with van der Waals surface area (Å²) in [4.78, 5) is 31.2. The van der Waals surface area contributed by atoms with Crippen LogP contribution < -0.4 is 10.9 Å². The van der Waals surface area contributed by atoms with Crippen LogP contribution in [-0.4, -0.2) is 15.9 Å². The van der Waals surface area contributed by atoms with E-state index < -0.39 is 11.7 Å². The van der Waals surface area contributed by atoms with Gasteiger partial charge in [-0.05, 0) is 37.6 Å². The molecule has 5 nitrogen and oxygen atoms in total. The molecule has 0 aliphatic rings. The van der Waals surface area contributed by atoms with E-state index in [1.54, 1.807) is 25.3 Å². The van der Waals surface area contributed by atoms with Gasteiger partial charge in [0.05, 0.1) is 17.7 Å². The molecular weight excluding hydrogens is 403 g/mol. The van der Waals surface area contributed by atoms with Crippen LogP contribution in [-0.2, 0) is 23.9 Å². The molecule has 1 aromatic carbocycles. The van der Waals surface area contributed by atoms with Gasteiger partial charge in [-0.1, -0.05) is 12.1 Å². The Morgan fingerprint density at radius 2 is 2.00 bits per heavy atom. The Balaban J connectivity index is 1.66. The number of aryl methyl sites for hydroxylation is 2. The third-order valence-electron chi connectivity index (χ3n) is 4.29. The van der Waals surface area contributed by atoms with Gasteiger partial charge in [0.25, 0.3) is 5.56 Å². The smallest absolute Gasteiger partial charge is 0.351 e. The summed E-state index contributed by atoms with van der Waals surface area (Å²) >= 11 is 1.17. The molecule has 0 saturated carbocycles. The van der Waals surface area contributed by atoms with Crippen molar-refractivity contribution in [1.29, 1.82) is 0 Å². The lowest BCUT2D eigenvalue weighted by Gasteiger charge is -2.08. The number of benzene rings is 1. The van der Waals surface area contributed by atoms with Crippen molar-refractivity contribution < 1.29 is 18.0 Å². The molecule has 2 heterocycles. The van der Waals surface area contributed by atoms with Crippen LogP contribution in [0.1, 0.15) is 28.1 Å². The molecule has 9 heteroatoms. The average molecular weight is 421 g/mol. The molecule has 0 saturated heterocycles. The molecule has 0 bridgehead atoms. The SMILES string of the molecule is Cc1cc(C)c(CNC(=O)Cc2csc(-c3cccc(C(F)(F)F)c3)n2)c(=O)[nH]1. The third-order valence-corrected chi connectivity index (χ3v) is 5.23. The lowest BCUT2D eigenvalue weighted by atomic mass is 10.1. The van der Waals surface area contributed by atoms with Gasteiger partial charge in [0, 0.05) is 28.7 Å². The normalized spacial score (nSPS) is 11.5. The van der Waals surface area contributed by atoms with Crippen molar-refractivity contribution in [2.45, 2.75) is 33.0 Å². The van der Waals surface area contributed by atoms with Gasteiger partial charge in [-0.15, -0.1) is 11.3 Å². The molecule has 0 aliphatic heterocycles. The summed E-state index contributed by atoms with van der Waals surface area (Å²) < 4.78 is 38.6. The lowest BCUT2D eigenvalue weighted by Crippen LogP contribution is -2.29. The Bertz CT molecular complexity index is 1100. The number of hydrogen-bond acceptors (Lipinski definition) is 4. The first-order valence-corrected chi connectivity index (χ1v) is 9.59. The summed E-state index contributed by atoms with van der Waals surface area (Å²) in [6.07, 6.45) is -4.46. The van der Waals surface area contributed by atoms with Crippen LogP contribution in [0.3, 0.4) is 0 Å². The Kier molecular flexibility index (Phi) is 5.88. The molecule has 1 amide bonds. The number of H-pyrrole nitrogens is 1. The van der Waals surface area contributed by atoms with Crippen LogP contribution in [0, 0.1) is 13.8 Å². The van der Waals surface area contributed by atoms with Gasteiger partial charge in [-0.2, -0.15) is 13.2 Å². The van der Waals surface area contributed by atoms with Crippen molar-refractivity contribution in [3.8, 4) is 10.6 Å². The minimum absolute atomic E-state index is 0.0295. The number of carbonyl (C=O) groups is 1. The summed E-state index contributed by atoms with van der Waals surface area (Å²) in [6, 6.07) is 6.73. The average Bonchev–Trinajstić information content (AvgIpc) is 3.08. The van der Waals surface area contributed by atoms with Crippen LogP contribution in [0.5, 0.6) is 0 Å². The van der Waals surface area contributed by atoms with Crippen LogP contribution in [0.4, 0.5) is 13.2 Å². The Morgan fingerprint density at radius 1 is 1.24 bits per heavy atom. The summed E-state index contributed by atoms with van der Waals surface area (Å²) in [7, 11) is 0. The van der Waals surface area contributed by atoms with Gasteiger partial charge >= 0.3 is 6.18 Å². The fraction of sp³-hybridized carbons (Fsp3) is 0.250. The van der Waals surface area contributed by atoms with E-state index in [1.165, 1.54) is 17.4 Å². The number of alkyl halides is 3.